The lowest BCUT2D eigenvalue weighted by atomic mass is 10.0. The molecule has 2 atom stereocenters. The van der Waals surface area contributed by atoms with Gasteiger partial charge in [0.05, 0.1) is 18.8 Å². The van der Waals surface area contributed by atoms with E-state index in [1.54, 1.807) is 21.3 Å². The molecule has 0 aromatic rings. The zero-order valence-electron chi connectivity index (χ0n) is 28.6. The van der Waals surface area contributed by atoms with Crippen LogP contribution in [0.25, 0.3) is 0 Å². The number of rotatable bonds is 7. The molecular weight excluding hydrogens is 700 g/mol. The molecule has 3 saturated heterocycles. The van der Waals surface area contributed by atoms with Gasteiger partial charge < -0.3 is 32.2 Å². The van der Waals surface area contributed by atoms with Gasteiger partial charge in [0.2, 0.25) is 0 Å². The van der Waals surface area contributed by atoms with Gasteiger partial charge in [-0.15, -0.1) is 6.42 Å². The van der Waals surface area contributed by atoms with Crippen LogP contribution in [-0.4, -0.2) is 77.9 Å². The zero-order chi connectivity index (χ0) is 38.9. The van der Waals surface area contributed by atoms with Crippen molar-refractivity contribution in [2.24, 2.45) is 11.8 Å². The molecule has 0 bridgehead atoms. The smallest absolute Gasteiger partial charge is 0.393 e. The van der Waals surface area contributed by atoms with Crippen LogP contribution in [-0.2, 0) is 70.6 Å². The van der Waals surface area contributed by atoms with Gasteiger partial charge in [0.1, 0.15) is 5.92 Å². The molecule has 4 rings (SSSR count). The van der Waals surface area contributed by atoms with Crippen molar-refractivity contribution in [1.29, 1.82) is 0 Å². The van der Waals surface area contributed by atoms with Crippen molar-refractivity contribution in [3.63, 3.8) is 0 Å². The summed E-state index contributed by atoms with van der Waals surface area (Å²) in [5, 5.41) is 0. The van der Waals surface area contributed by atoms with E-state index in [4.69, 9.17) is 19.7 Å². The summed E-state index contributed by atoms with van der Waals surface area (Å²) in [4.78, 5) is 84.7. The minimum atomic E-state index is -2.57. The van der Waals surface area contributed by atoms with Crippen molar-refractivity contribution in [3.05, 3.63) is 11.6 Å². The highest BCUT2D eigenvalue weighted by Gasteiger charge is 2.39. The average molecular weight is 755 g/mol. The first-order valence-electron chi connectivity index (χ1n) is 15.1. The molecule has 52 heavy (non-hydrogen) atoms. The van der Waals surface area contributed by atoms with E-state index in [-0.39, 0.29) is 46.4 Å². The number of esters is 8. The van der Waals surface area contributed by atoms with Gasteiger partial charge in [-0.3, -0.25) is 28.8 Å². The molecule has 292 valence electrons. The van der Waals surface area contributed by atoms with Crippen LogP contribution in [0.2, 0.25) is 6.04 Å². The number of terminal acetylenes is 1. The van der Waals surface area contributed by atoms with E-state index in [0.29, 0.717) is 43.7 Å². The first-order chi connectivity index (χ1) is 24.8. The molecule has 16 heteroatoms. The van der Waals surface area contributed by atoms with E-state index in [1.807, 2.05) is 0 Å². The minimum absolute atomic E-state index is 0. The molecule has 0 N–H and O–H groups in total. The Morgan fingerprint density at radius 2 is 1.23 bits per heavy atom. The summed E-state index contributed by atoms with van der Waals surface area (Å²) in [7, 11) is 2.08. The molecule has 3 fully saturated rings. The van der Waals surface area contributed by atoms with E-state index in [0.717, 1.165) is 0 Å². The third-order valence-electron chi connectivity index (χ3n) is 6.46. The number of carbonyl (C=O) groups excluding carboxylic acids is 8. The fraction of sp³-hybridized carbons (Fsp3) is 0.389. The van der Waals surface area contributed by atoms with E-state index in [1.165, 1.54) is 13.0 Å². The molecule has 4 aliphatic rings. The number of ether oxygens (including phenoxy) is 4. The average Bonchev–Trinajstić information content (AvgIpc) is 3.72. The molecule has 2 unspecified atom stereocenters. The minimum Gasteiger partial charge on any atom is -0.393 e. The topological polar surface area (TPSA) is 201 Å². The lowest BCUT2D eigenvalue weighted by Gasteiger charge is -2.24. The van der Waals surface area contributed by atoms with Gasteiger partial charge in [-0.05, 0) is 85.4 Å². The molecule has 4 aliphatic heterocycles. The number of carbonyl (C=O) groups is 8. The quantitative estimate of drug-likeness (QED) is 0.120. The Kier molecular flexibility index (Phi) is 20.2. The molecule has 0 amide bonds. The van der Waals surface area contributed by atoms with E-state index in [2.05, 4.69) is 84.1 Å². The second-order valence-electron chi connectivity index (χ2n) is 10.1. The van der Waals surface area contributed by atoms with Crippen LogP contribution in [0.3, 0.4) is 0 Å². The summed E-state index contributed by atoms with van der Waals surface area (Å²) in [6.45, 7) is 1.53. The van der Waals surface area contributed by atoms with Crippen molar-refractivity contribution in [3.8, 4) is 71.5 Å². The van der Waals surface area contributed by atoms with E-state index in [9.17, 15) is 38.4 Å². The van der Waals surface area contributed by atoms with Crippen molar-refractivity contribution in [1.82, 2.24) is 0 Å². The molecule has 0 aliphatic carbocycles. The molecule has 0 saturated carbocycles. The van der Waals surface area contributed by atoms with Crippen LogP contribution in [0.15, 0.2) is 11.6 Å². The van der Waals surface area contributed by atoms with Gasteiger partial charge in [0.15, 0.2) is 0 Å². The Bertz CT molecular complexity index is 1840. The van der Waals surface area contributed by atoms with Crippen LogP contribution in [0, 0.1) is 83.4 Å². The number of cyclic esters (lactones) is 8. The maximum absolute atomic E-state index is 11.2. The lowest BCUT2D eigenvalue weighted by Crippen LogP contribution is -2.42. The van der Waals surface area contributed by atoms with Crippen LogP contribution in [0.1, 0.15) is 67.6 Å². The van der Waals surface area contributed by atoms with Gasteiger partial charge in [-0.25, -0.2) is 9.59 Å². The monoisotopic (exact) mass is 754 g/mol. The van der Waals surface area contributed by atoms with Crippen molar-refractivity contribution >= 4 is 56.6 Å². The fourth-order valence-electron chi connectivity index (χ4n) is 3.87. The first-order valence-corrected chi connectivity index (χ1v) is 17.0. The predicted molar refractivity (Wildman–Crippen MR) is 200 cm³/mol. The number of hydrogen-bond acceptors (Lipinski definition) is 15. The van der Waals surface area contributed by atoms with Crippen LogP contribution < -0.4 is 0 Å². The molecule has 15 nitrogen and oxygen atoms in total. The van der Waals surface area contributed by atoms with Crippen molar-refractivity contribution < 1.29 is 86.3 Å². The molecule has 4 heterocycles. The Labute approximate surface area is 317 Å². The Morgan fingerprint density at radius 1 is 0.712 bits per heavy atom. The Morgan fingerprint density at radius 3 is 1.60 bits per heavy atom. The first kappa shape index (κ1) is 43.8. The summed E-state index contributed by atoms with van der Waals surface area (Å²) >= 11 is 0. The molecule has 0 radical (unpaired) electrons. The van der Waals surface area contributed by atoms with Gasteiger partial charge >= 0.3 is 56.6 Å². The highest BCUT2D eigenvalue weighted by atomic mass is 28.4. The summed E-state index contributed by atoms with van der Waals surface area (Å²) in [5.41, 5.74) is 0.370. The third-order valence-corrected chi connectivity index (χ3v) is 9.29. The van der Waals surface area contributed by atoms with E-state index >= 15 is 0 Å². The highest BCUT2D eigenvalue weighted by molar-refractivity contribution is 6.60. The summed E-state index contributed by atoms with van der Waals surface area (Å²) in [6, 6.07) is 0.620. The summed E-state index contributed by atoms with van der Waals surface area (Å²) < 4.78 is 32.9. The van der Waals surface area contributed by atoms with Crippen LogP contribution in [0.4, 0.5) is 0 Å². The Balaban J connectivity index is -0.0000000631. The molecule has 0 aromatic heterocycles. The maximum atomic E-state index is 11.2. The fourth-order valence-corrected chi connectivity index (χ4v) is 5.62. The van der Waals surface area contributed by atoms with Gasteiger partial charge in [0, 0.05) is 67.6 Å². The molecular formula is C36H54O15Si. The lowest BCUT2D eigenvalue weighted by molar-refractivity contribution is -0.163. The van der Waals surface area contributed by atoms with Gasteiger partial charge in [0.25, 0.3) is 0 Å². The third kappa shape index (κ3) is 17.4. The number of hydrogen-bond donors (Lipinski definition) is 0. The highest BCUT2D eigenvalue weighted by Crippen LogP contribution is 2.25. The second kappa shape index (κ2) is 24.0. The maximum Gasteiger partial charge on any atom is 0.500 e. The van der Waals surface area contributed by atoms with Gasteiger partial charge in [-0.2, -0.15) is 0 Å². The second-order valence-corrected chi connectivity index (χ2v) is 13.2. The molecule has 0 aromatic carbocycles. The molecule has 0 spiro atoms. The van der Waals surface area contributed by atoms with Gasteiger partial charge in [-0.1, -0.05) is 5.92 Å². The van der Waals surface area contributed by atoms with E-state index < -0.39 is 50.5 Å². The van der Waals surface area contributed by atoms with Crippen LogP contribution >= 0.6 is 0 Å². The predicted octanol–water partition coefficient (Wildman–Crippen LogP) is 3.42. The van der Waals surface area contributed by atoms with Crippen molar-refractivity contribution in [2.45, 2.75) is 57.9 Å². The van der Waals surface area contributed by atoms with Crippen LogP contribution in [0.5, 0.6) is 0 Å². The zero-order valence-corrected chi connectivity index (χ0v) is 29.6. The normalized spacial score (nSPS) is 17.9. The standard InChI is InChI=1S/C16H4O3.C10H18O6Si.C5H4O3.C5H6O3.11H2/c1-2-3-4-5-6-7-8-9-10-11-12-14-13-15(17)19-16(14)18;1-13-17(14-2,15-3)6-4-5-8-7-9(11)16-10(8)12;1-3-2-4(6)8-5(3)7;6-4-2-1-3-5(7)8-4;;;;;;;;;;;/h1,14H,13H2;8H,4-7H2,1-3H3;2H,1H3;1-3H2;11*1H. The largest absolute Gasteiger partial charge is 0.500 e. The SMILES string of the molecule is C#CC#CC#CC#CC#CC#CC1CC(=O)OC1=O.CC1=CC(=O)OC1=O.CO[Si](CCCC1CC(=O)OC1=O)(OC)OC.O=C1CCCC(=O)O1.[HH].[HH].[HH].[HH].[HH].[HH].[HH].[HH].[HH].[HH].[HH]. The Hall–Kier alpha value is -6.24. The summed E-state index contributed by atoms with van der Waals surface area (Å²) in [6.07, 6.45) is 8.93. The van der Waals surface area contributed by atoms with Crippen molar-refractivity contribution in [2.75, 3.05) is 21.3 Å². The summed E-state index contributed by atoms with van der Waals surface area (Å²) in [5.74, 6) is 21.2.